The number of para-hydroxylation sites is 1. The Labute approximate surface area is 111 Å². The average molecular weight is 253 g/mol. The van der Waals surface area contributed by atoms with Crippen LogP contribution in [0.3, 0.4) is 0 Å². The van der Waals surface area contributed by atoms with E-state index in [4.69, 9.17) is 5.84 Å². The van der Waals surface area contributed by atoms with Gasteiger partial charge in [-0.15, -0.1) is 0 Å². The monoisotopic (exact) mass is 253 g/mol. The zero-order valence-electron chi connectivity index (χ0n) is 10.6. The van der Waals surface area contributed by atoms with Crippen LogP contribution in [0.1, 0.15) is 17.2 Å². The van der Waals surface area contributed by atoms with Crippen molar-refractivity contribution in [1.29, 1.82) is 0 Å². The van der Waals surface area contributed by atoms with E-state index in [0.29, 0.717) is 0 Å². The second-order valence-electron chi connectivity index (χ2n) is 4.47. The number of pyridine rings is 1. The number of nitrogens with zero attached hydrogens (tertiary/aromatic N) is 3. The SMILES string of the molecule is Cn1cc(C(NN)c2cccc3cccnc23)cn1. The van der Waals surface area contributed by atoms with Gasteiger partial charge in [-0.05, 0) is 6.07 Å². The van der Waals surface area contributed by atoms with Gasteiger partial charge in [0, 0.05) is 36.0 Å². The van der Waals surface area contributed by atoms with Crippen LogP contribution < -0.4 is 11.3 Å². The molecule has 0 amide bonds. The lowest BCUT2D eigenvalue weighted by molar-refractivity contribution is 0.639. The van der Waals surface area contributed by atoms with Crippen molar-refractivity contribution in [2.45, 2.75) is 6.04 Å². The number of benzene rings is 1. The Morgan fingerprint density at radius 3 is 2.84 bits per heavy atom. The van der Waals surface area contributed by atoms with E-state index in [1.165, 1.54) is 0 Å². The maximum absolute atomic E-state index is 5.72. The van der Waals surface area contributed by atoms with Crippen molar-refractivity contribution < 1.29 is 0 Å². The van der Waals surface area contributed by atoms with E-state index >= 15 is 0 Å². The summed E-state index contributed by atoms with van der Waals surface area (Å²) in [7, 11) is 1.89. The summed E-state index contributed by atoms with van der Waals surface area (Å²) in [6.07, 6.45) is 5.56. The van der Waals surface area contributed by atoms with Crippen LogP contribution in [-0.2, 0) is 7.05 Å². The van der Waals surface area contributed by atoms with Crippen LogP contribution in [0.5, 0.6) is 0 Å². The predicted molar refractivity (Wildman–Crippen MR) is 74.1 cm³/mol. The van der Waals surface area contributed by atoms with Gasteiger partial charge in [-0.3, -0.25) is 15.5 Å². The van der Waals surface area contributed by atoms with Gasteiger partial charge in [0.25, 0.3) is 0 Å². The second kappa shape index (κ2) is 4.79. The van der Waals surface area contributed by atoms with Crippen molar-refractivity contribution in [1.82, 2.24) is 20.2 Å². The van der Waals surface area contributed by atoms with Gasteiger partial charge in [-0.1, -0.05) is 24.3 Å². The van der Waals surface area contributed by atoms with E-state index < -0.39 is 0 Å². The first-order valence-corrected chi connectivity index (χ1v) is 6.08. The fourth-order valence-electron chi connectivity index (χ4n) is 2.32. The largest absolute Gasteiger partial charge is 0.275 e. The number of nitrogens with two attached hydrogens (primary N) is 1. The standard InChI is InChI=1S/C14H15N5/c1-19-9-11(8-17-19)14(18-15)12-6-2-4-10-5-3-7-16-13(10)12/h2-9,14,18H,15H2,1H3. The molecule has 3 rings (SSSR count). The van der Waals surface area contributed by atoms with Gasteiger partial charge in [0.05, 0.1) is 17.8 Å². The zero-order chi connectivity index (χ0) is 13.2. The number of rotatable bonds is 3. The number of hydrazine groups is 1. The van der Waals surface area contributed by atoms with Crippen molar-refractivity contribution in [3.8, 4) is 0 Å². The first-order valence-electron chi connectivity index (χ1n) is 6.08. The molecule has 0 saturated heterocycles. The van der Waals surface area contributed by atoms with Crippen LogP contribution in [0.4, 0.5) is 0 Å². The first kappa shape index (κ1) is 11.8. The minimum absolute atomic E-state index is 0.118. The second-order valence-corrected chi connectivity index (χ2v) is 4.47. The maximum atomic E-state index is 5.72. The van der Waals surface area contributed by atoms with E-state index in [0.717, 1.165) is 22.0 Å². The summed E-state index contributed by atoms with van der Waals surface area (Å²) in [6.45, 7) is 0. The number of hydrogen-bond donors (Lipinski definition) is 2. The van der Waals surface area contributed by atoms with Gasteiger partial charge < -0.3 is 0 Å². The molecule has 1 atom stereocenters. The molecule has 96 valence electrons. The van der Waals surface area contributed by atoms with Crippen molar-refractivity contribution in [3.05, 3.63) is 60.0 Å². The predicted octanol–water partition coefficient (Wildman–Crippen LogP) is 1.52. The molecule has 5 nitrogen and oxygen atoms in total. The van der Waals surface area contributed by atoms with Crippen molar-refractivity contribution in [3.63, 3.8) is 0 Å². The fraction of sp³-hybridized carbons (Fsp3) is 0.143. The Kier molecular flexibility index (Phi) is 2.98. The summed E-state index contributed by atoms with van der Waals surface area (Å²) >= 11 is 0. The van der Waals surface area contributed by atoms with Gasteiger partial charge >= 0.3 is 0 Å². The molecular formula is C14H15N5. The number of aromatic nitrogens is 3. The zero-order valence-corrected chi connectivity index (χ0v) is 10.6. The summed E-state index contributed by atoms with van der Waals surface area (Å²) < 4.78 is 1.76. The molecule has 0 aliphatic carbocycles. The lowest BCUT2D eigenvalue weighted by Gasteiger charge is -2.16. The van der Waals surface area contributed by atoms with Crippen LogP contribution in [0.15, 0.2) is 48.9 Å². The molecule has 19 heavy (non-hydrogen) atoms. The molecule has 0 spiro atoms. The lowest BCUT2D eigenvalue weighted by Crippen LogP contribution is -2.28. The molecule has 0 fully saturated rings. The molecule has 0 bridgehead atoms. The molecule has 3 N–H and O–H groups in total. The summed E-state index contributed by atoms with van der Waals surface area (Å²) in [5, 5.41) is 5.29. The molecule has 0 radical (unpaired) electrons. The van der Waals surface area contributed by atoms with Gasteiger partial charge in [0.15, 0.2) is 0 Å². The quantitative estimate of drug-likeness (QED) is 0.548. The van der Waals surface area contributed by atoms with E-state index in [-0.39, 0.29) is 6.04 Å². The minimum atomic E-state index is -0.118. The summed E-state index contributed by atoms with van der Waals surface area (Å²) in [4.78, 5) is 4.46. The van der Waals surface area contributed by atoms with Crippen LogP contribution >= 0.6 is 0 Å². The first-order chi connectivity index (χ1) is 9.29. The molecule has 1 unspecified atom stereocenters. The molecule has 0 saturated carbocycles. The number of fused-ring (bicyclic) bond motifs is 1. The van der Waals surface area contributed by atoms with E-state index in [1.807, 2.05) is 49.8 Å². The molecule has 0 aliphatic heterocycles. The molecule has 2 heterocycles. The molecule has 5 heteroatoms. The maximum Gasteiger partial charge on any atom is 0.0761 e. The normalized spacial score (nSPS) is 12.7. The highest BCUT2D eigenvalue weighted by atomic mass is 15.3. The van der Waals surface area contributed by atoms with E-state index in [2.05, 4.69) is 15.5 Å². The van der Waals surface area contributed by atoms with Crippen LogP contribution in [0, 0.1) is 0 Å². The fourth-order valence-corrected chi connectivity index (χ4v) is 2.32. The minimum Gasteiger partial charge on any atom is -0.275 e. The van der Waals surface area contributed by atoms with Crippen molar-refractivity contribution >= 4 is 10.9 Å². The van der Waals surface area contributed by atoms with Gasteiger partial charge in [0.1, 0.15) is 0 Å². The molecular weight excluding hydrogens is 238 g/mol. The van der Waals surface area contributed by atoms with Gasteiger partial charge in [-0.25, -0.2) is 5.43 Å². The van der Waals surface area contributed by atoms with E-state index in [1.54, 1.807) is 10.9 Å². The molecule has 3 aromatic rings. The van der Waals surface area contributed by atoms with E-state index in [9.17, 15) is 0 Å². The lowest BCUT2D eigenvalue weighted by atomic mass is 9.99. The Morgan fingerprint density at radius 1 is 1.26 bits per heavy atom. The Bertz CT molecular complexity index is 698. The highest BCUT2D eigenvalue weighted by Crippen LogP contribution is 2.26. The third kappa shape index (κ3) is 2.09. The van der Waals surface area contributed by atoms with Crippen molar-refractivity contribution in [2.24, 2.45) is 12.9 Å². The Morgan fingerprint density at radius 2 is 2.11 bits per heavy atom. The Hall–Kier alpha value is -2.24. The molecule has 2 aromatic heterocycles. The summed E-state index contributed by atoms with van der Waals surface area (Å²) in [6, 6.07) is 9.95. The highest BCUT2D eigenvalue weighted by Gasteiger charge is 2.17. The average Bonchev–Trinajstić information content (AvgIpc) is 2.86. The molecule has 1 aromatic carbocycles. The van der Waals surface area contributed by atoms with Crippen molar-refractivity contribution in [2.75, 3.05) is 0 Å². The van der Waals surface area contributed by atoms with Crippen LogP contribution in [0.2, 0.25) is 0 Å². The van der Waals surface area contributed by atoms with Crippen LogP contribution in [0.25, 0.3) is 10.9 Å². The van der Waals surface area contributed by atoms with Crippen LogP contribution in [-0.4, -0.2) is 14.8 Å². The number of nitrogens with one attached hydrogen (secondary N) is 1. The Balaban J connectivity index is 2.16. The third-order valence-corrected chi connectivity index (χ3v) is 3.20. The topological polar surface area (TPSA) is 68.8 Å². The number of aryl methyl sites for hydroxylation is 1. The highest BCUT2D eigenvalue weighted by molar-refractivity contribution is 5.82. The van der Waals surface area contributed by atoms with Gasteiger partial charge in [-0.2, -0.15) is 5.10 Å². The summed E-state index contributed by atoms with van der Waals surface area (Å²) in [5.41, 5.74) is 5.87. The third-order valence-electron chi connectivity index (χ3n) is 3.20. The number of hydrogen-bond acceptors (Lipinski definition) is 4. The van der Waals surface area contributed by atoms with Gasteiger partial charge in [0.2, 0.25) is 0 Å². The summed E-state index contributed by atoms with van der Waals surface area (Å²) in [5.74, 6) is 5.72. The smallest absolute Gasteiger partial charge is 0.0761 e. The molecule has 0 aliphatic rings.